The maximum atomic E-state index is 4.25. The molecular weight excluding hydrogens is 577 g/mol. The molecule has 0 unspecified atom stereocenters. The Morgan fingerprint density at radius 3 is 1.73 bits per heavy atom. The van der Waals surface area contributed by atoms with Crippen molar-refractivity contribution in [1.82, 2.24) is 0 Å². The maximum absolute atomic E-state index is 4.25. The highest BCUT2D eigenvalue weighted by Crippen LogP contribution is 2.39. The van der Waals surface area contributed by atoms with Crippen LogP contribution in [0.25, 0.3) is 61.0 Å². The molecule has 1 aliphatic carbocycles. The zero-order chi connectivity index (χ0) is 33.9. The van der Waals surface area contributed by atoms with Gasteiger partial charge in [-0.15, -0.1) is 0 Å². The number of benzene rings is 6. The van der Waals surface area contributed by atoms with Crippen LogP contribution < -0.4 is 0 Å². The van der Waals surface area contributed by atoms with Crippen molar-refractivity contribution >= 4 is 27.6 Å². The number of allylic oxidation sites excluding steroid dienone is 7. The highest BCUT2D eigenvalue weighted by atomic mass is 14.2. The molecule has 0 nitrogen and oxygen atoms in total. The molecule has 0 N–H and O–H groups in total. The Hall–Kier alpha value is -5.72. The van der Waals surface area contributed by atoms with Gasteiger partial charge < -0.3 is 0 Å². The van der Waals surface area contributed by atoms with Gasteiger partial charge in [-0.2, -0.15) is 0 Å². The molecule has 6 aromatic carbocycles. The standard InChI is InChI=1S/C42H32.C4H6.C2H6/c1-3-4-10-29(2)31-15-16-35-27-37(21-19-33(35)25-31)39-23-24-40(42-14-9-8-13-41(39)42)38-22-20-34-26-32(17-18-36(34)28-38)30-11-6-5-7-12-30;1-3-4-2;1-2/h3-14,17-28H,1-2,15-16H2;3-4H,1-2H2;1-2H3/b10-4-;;. The largest absolute Gasteiger partial charge is 0.0991 e. The zero-order valence-electron chi connectivity index (χ0n) is 28.3. The molecule has 7 rings (SSSR count). The Morgan fingerprint density at radius 2 is 1.10 bits per heavy atom. The van der Waals surface area contributed by atoms with E-state index in [9.17, 15) is 0 Å². The van der Waals surface area contributed by atoms with Crippen LogP contribution in [0.1, 0.15) is 31.4 Å². The average molecular weight is 621 g/mol. The highest BCUT2D eigenvalue weighted by Gasteiger charge is 2.15. The Kier molecular flexibility index (Phi) is 11.4. The quantitative estimate of drug-likeness (QED) is 0.156. The van der Waals surface area contributed by atoms with Gasteiger partial charge in [-0.05, 0) is 102 Å². The molecular formula is C48H44. The van der Waals surface area contributed by atoms with Gasteiger partial charge in [-0.3, -0.25) is 0 Å². The topological polar surface area (TPSA) is 0 Å². The Labute approximate surface area is 287 Å². The predicted octanol–water partition coefficient (Wildman–Crippen LogP) is 14.0. The minimum Gasteiger partial charge on any atom is -0.0991 e. The number of aryl methyl sites for hydroxylation is 1. The molecule has 6 aromatic rings. The van der Waals surface area contributed by atoms with Crippen molar-refractivity contribution in [2.75, 3.05) is 0 Å². The lowest BCUT2D eigenvalue weighted by Gasteiger charge is -2.19. The van der Waals surface area contributed by atoms with Crippen LogP contribution in [0.15, 0.2) is 189 Å². The van der Waals surface area contributed by atoms with Crippen LogP contribution in [0.3, 0.4) is 0 Å². The predicted molar refractivity (Wildman–Crippen MR) is 214 cm³/mol. The third kappa shape index (κ3) is 7.46. The second kappa shape index (κ2) is 16.2. The van der Waals surface area contributed by atoms with Crippen LogP contribution in [-0.2, 0) is 6.42 Å². The summed E-state index contributed by atoms with van der Waals surface area (Å²) in [7, 11) is 0. The van der Waals surface area contributed by atoms with Gasteiger partial charge in [0.2, 0.25) is 0 Å². The lowest BCUT2D eigenvalue weighted by Crippen LogP contribution is -2.01. The Bertz CT molecular complexity index is 2140. The number of rotatable bonds is 7. The van der Waals surface area contributed by atoms with Gasteiger partial charge in [-0.1, -0.05) is 186 Å². The van der Waals surface area contributed by atoms with Crippen molar-refractivity contribution in [3.63, 3.8) is 0 Å². The second-order valence-corrected chi connectivity index (χ2v) is 11.5. The summed E-state index contributed by atoms with van der Waals surface area (Å²) in [5.41, 5.74) is 12.6. The summed E-state index contributed by atoms with van der Waals surface area (Å²) in [5, 5.41) is 5.07. The first-order valence-electron chi connectivity index (χ1n) is 16.8. The molecule has 48 heavy (non-hydrogen) atoms. The zero-order valence-corrected chi connectivity index (χ0v) is 28.3. The van der Waals surface area contributed by atoms with E-state index < -0.39 is 0 Å². The molecule has 0 fully saturated rings. The van der Waals surface area contributed by atoms with Gasteiger partial charge in [0, 0.05) is 0 Å². The lowest BCUT2D eigenvalue weighted by atomic mass is 9.86. The van der Waals surface area contributed by atoms with Gasteiger partial charge in [0.15, 0.2) is 0 Å². The summed E-state index contributed by atoms with van der Waals surface area (Å²) in [6.07, 6.45) is 13.4. The highest BCUT2D eigenvalue weighted by molar-refractivity contribution is 6.06. The van der Waals surface area contributed by atoms with Gasteiger partial charge in [0.25, 0.3) is 0 Å². The lowest BCUT2D eigenvalue weighted by molar-refractivity contribution is 0.942. The molecule has 0 aliphatic heterocycles. The maximum Gasteiger partial charge on any atom is -0.00992 e. The average Bonchev–Trinajstić information content (AvgIpc) is 3.17. The molecule has 0 bridgehead atoms. The summed E-state index contributed by atoms with van der Waals surface area (Å²) in [4.78, 5) is 0. The first kappa shape index (κ1) is 33.6. The molecule has 0 saturated carbocycles. The van der Waals surface area contributed by atoms with Crippen LogP contribution in [0.2, 0.25) is 0 Å². The summed E-state index contributed by atoms with van der Waals surface area (Å²) in [6.45, 7) is 18.7. The van der Waals surface area contributed by atoms with Gasteiger partial charge in [0.1, 0.15) is 0 Å². The van der Waals surface area contributed by atoms with E-state index in [0.29, 0.717) is 0 Å². The molecule has 1 aliphatic rings. The van der Waals surface area contributed by atoms with Crippen molar-refractivity contribution in [1.29, 1.82) is 0 Å². The fraction of sp³-hybridized carbons (Fsp3) is 0.0833. The van der Waals surface area contributed by atoms with E-state index in [1.54, 1.807) is 18.2 Å². The van der Waals surface area contributed by atoms with Crippen LogP contribution in [-0.4, -0.2) is 0 Å². The summed E-state index contributed by atoms with van der Waals surface area (Å²) < 4.78 is 0. The summed E-state index contributed by atoms with van der Waals surface area (Å²) in [6, 6.07) is 44.5. The first-order valence-corrected chi connectivity index (χ1v) is 16.8. The molecule has 0 atom stereocenters. The monoisotopic (exact) mass is 620 g/mol. The van der Waals surface area contributed by atoms with Crippen molar-refractivity contribution in [3.05, 3.63) is 200 Å². The van der Waals surface area contributed by atoms with Crippen molar-refractivity contribution in [3.8, 4) is 33.4 Å². The third-order valence-electron chi connectivity index (χ3n) is 8.64. The molecule has 0 aromatic heterocycles. The molecule has 0 heteroatoms. The minimum atomic E-state index is 1.01. The SMILES string of the molecule is C=C/C=C\C(=C)C1=Cc2ccc(-c3ccc(-c4ccc5cc(-c6ccccc6)ccc5c4)c4ccccc34)cc2CC1.C=CC=C.CC. The van der Waals surface area contributed by atoms with E-state index in [2.05, 4.69) is 154 Å². The van der Waals surface area contributed by atoms with E-state index in [1.807, 2.05) is 26.0 Å². The molecule has 0 amide bonds. The molecule has 0 spiro atoms. The van der Waals surface area contributed by atoms with E-state index in [0.717, 1.165) is 18.4 Å². The number of fused-ring (bicyclic) bond motifs is 3. The molecule has 0 saturated heterocycles. The third-order valence-corrected chi connectivity index (χ3v) is 8.64. The van der Waals surface area contributed by atoms with Crippen molar-refractivity contribution in [2.45, 2.75) is 26.7 Å². The van der Waals surface area contributed by atoms with Crippen LogP contribution in [0.5, 0.6) is 0 Å². The minimum absolute atomic E-state index is 1.01. The molecule has 0 radical (unpaired) electrons. The van der Waals surface area contributed by atoms with Crippen LogP contribution in [0, 0.1) is 0 Å². The van der Waals surface area contributed by atoms with Crippen molar-refractivity contribution in [2.24, 2.45) is 0 Å². The fourth-order valence-corrected chi connectivity index (χ4v) is 6.23. The van der Waals surface area contributed by atoms with E-state index in [4.69, 9.17) is 0 Å². The summed E-state index contributed by atoms with van der Waals surface area (Å²) >= 11 is 0. The Morgan fingerprint density at radius 1 is 0.542 bits per heavy atom. The number of hydrogen-bond donors (Lipinski definition) is 0. The van der Waals surface area contributed by atoms with E-state index in [-0.39, 0.29) is 0 Å². The van der Waals surface area contributed by atoms with Crippen LogP contribution in [0.4, 0.5) is 0 Å². The number of hydrogen-bond acceptors (Lipinski definition) is 0. The van der Waals surface area contributed by atoms with Gasteiger partial charge in [-0.25, -0.2) is 0 Å². The van der Waals surface area contributed by atoms with Crippen molar-refractivity contribution < 1.29 is 0 Å². The Balaban J connectivity index is 0.000000701. The smallest absolute Gasteiger partial charge is 0.00992 e. The van der Waals surface area contributed by atoms with Gasteiger partial charge >= 0.3 is 0 Å². The fourth-order valence-electron chi connectivity index (χ4n) is 6.23. The summed E-state index contributed by atoms with van der Waals surface area (Å²) in [5.74, 6) is 0. The first-order chi connectivity index (χ1) is 23.6. The van der Waals surface area contributed by atoms with Gasteiger partial charge in [0.05, 0.1) is 0 Å². The van der Waals surface area contributed by atoms with E-state index in [1.165, 1.54) is 71.6 Å². The normalized spacial score (nSPS) is 11.8. The second-order valence-electron chi connectivity index (χ2n) is 11.5. The molecule has 236 valence electrons. The molecule has 0 heterocycles. The van der Waals surface area contributed by atoms with Crippen LogP contribution >= 0.6 is 0 Å². The van der Waals surface area contributed by atoms with E-state index >= 15 is 0 Å².